The molecule has 0 spiro atoms. The smallest absolute Gasteiger partial charge is 0.240 e. The van der Waals surface area contributed by atoms with Crippen molar-refractivity contribution >= 4 is 47.6 Å². The number of thioether (sulfide) groups is 1. The average molecular weight is 504 g/mol. The van der Waals surface area contributed by atoms with Crippen molar-refractivity contribution < 1.29 is 4.79 Å². The summed E-state index contributed by atoms with van der Waals surface area (Å²) in [6.07, 6.45) is 2.37. The molecule has 1 aliphatic rings. The maximum absolute atomic E-state index is 12.2. The van der Waals surface area contributed by atoms with Crippen LogP contribution in [0.4, 0.5) is 0 Å². The molecule has 2 N–H and O–H groups in total. The Kier molecular flexibility index (Phi) is 9.41. The van der Waals surface area contributed by atoms with Crippen LogP contribution in [-0.2, 0) is 4.79 Å². The Balaban J connectivity index is 0.00000364. The SMILES string of the molecule is CCNC(=NCC1(Sc2ccccc2)CC1)N(C)CC(=O)NC(C)(C)C.I. The average Bonchev–Trinajstić information content (AvgIpc) is 3.30. The minimum atomic E-state index is -0.224. The van der Waals surface area contributed by atoms with Crippen molar-refractivity contribution in [3.63, 3.8) is 0 Å². The molecule has 0 bridgehead atoms. The van der Waals surface area contributed by atoms with Crippen LogP contribution in [0.15, 0.2) is 40.2 Å². The van der Waals surface area contributed by atoms with Gasteiger partial charge in [-0.25, -0.2) is 0 Å². The summed E-state index contributed by atoms with van der Waals surface area (Å²) in [5, 5.41) is 6.30. The molecular weight excluding hydrogens is 471 g/mol. The molecule has 0 radical (unpaired) electrons. The van der Waals surface area contributed by atoms with Crippen molar-refractivity contribution in [3.8, 4) is 0 Å². The van der Waals surface area contributed by atoms with Gasteiger partial charge in [-0.2, -0.15) is 0 Å². The molecule has 1 aliphatic carbocycles. The summed E-state index contributed by atoms with van der Waals surface area (Å²) < 4.78 is 0.205. The van der Waals surface area contributed by atoms with Gasteiger partial charge in [0.05, 0.1) is 13.1 Å². The molecule has 1 saturated carbocycles. The molecule has 0 aliphatic heterocycles. The van der Waals surface area contributed by atoms with Gasteiger partial charge in [0, 0.05) is 28.8 Å². The van der Waals surface area contributed by atoms with E-state index in [0.717, 1.165) is 19.0 Å². The zero-order valence-electron chi connectivity index (χ0n) is 17.0. The van der Waals surface area contributed by atoms with Crippen LogP contribution >= 0.6 is 35.7 Å². The van der Waals surface area contributed by atoms with E-state index in [9.17, 15) is 4.79 Å². The topological polar surface area (TPSA) is 56.7 Å². The lowest BCUT2D eigenvalue weighted by Crippen LogP contribution is -2.49. The number of carbonyl (C=O) groups is 1. The predicted molar refractivity (Wildman–Crippen MR) is 126 cm³/mol. The first-order chi connectivity index (χ1) is 12.2. The zero-order valence-corrected chi connectivity index (χ0v) is 20.2. The van der Waals surface area contributed by atoms with Gasteiger partial charge in [-0.15, -0.1) is 35.7 Å². The number of aliphatic imine (C=N–C) groups is 1. The second-order valence-corrected chi connectivity index (χ2v) is 9.46. The number of halogens is 1. The predicted octanol–water partition coefficient (Wildman–Crippen LogP) is 3.74. The summed E-state index contributed by atoms with van der Waals surface area (Å²) in [4.78, 5) is 20.2. The van der Waals surface area contributed by atoms with Crippen LogP contribution in [-0.4, -0.2) is 53.7 Å². The number of guanidine groups is 1. The van der Waals surface area contributed by atoms with Gasteiger partial charge in [0.1, 0.15) is 0 Å². The van der Waals surface area contributed by atoms with E-state index in [2.05, 4.69) is 34.9 Å². The molecule has 0 saturated heterocycles. The number of hydrogen-bond donors (Lipinski definition) is 2. The number of carbonyl (C=O) groups excluding carboxylic acids is 1. The highest BCUT2D eigenvalue weighted by Gasteiger charge is 2.43. The van der Waals surface area contributed by atoms with E-state index in [1.54, 1.807) is 0 Å². The Bertz CT molecular complexity index is 627. The number of nitrogens with zero attached hydrogens (tertiary/aromatic N) is 2. The largest absolute Gasteiger partial charge is 0.357 e. The van der Waals surface area contributed by atoms with Gasteiger partial charge < -0.3 is 15.5 Å². The van der Waals surface area contributed by atoms with Gasteiger partial charge in [-0.05, 0) is 52.7 Å². The molecule has 2 rings (SSSR count). The summed E-state index contributed by atoms with van der Waals surface area (Å²) >= 11 is 1.92. The Labute approximate surface area is 185 Å². The fraction of sp³-hybridized carbons (Fsp3) is 0.600. The highest BCUT2D eigenvalue weighted by atomic mass is 127. The Hall–Kier alpha value is -0.960. The molecule has 0 atom stereocenters. The van der Waals surface area contributed by atoms with Crippen molar-refractivity contribution in [2.45, 2.75) is 55.7 Å². The first kappa shape index (κ1) is 24.1. The van der Waals surface area contributed by atoms with Crippen LogP contribution in [0.3, 0.4) is 0 Å². The molecule has 152 valence electrons. The van der Waals surface area contributed by atoms with Gasteiger partial charge in [0.25, 0.3) is 0 Å². The summed E-state index contributed by atoms with van der Waals surface area (Å²) in [5.74, 6) is 0.793. The van der Waals surface area contributed by atoms with E-state index in [4.69, 9.17) is 4.99 Å². The fourth-order valence-electron chi connectivity index (χ4n) is 2.61. The molecule has 0 aromatic heterocycles. The highest BCUT2D eigenvalue weighted by molar-refractivity contribution is 14.0. The molecule has 1 aromatic rings. The van der Waals surface area contributed by atoms with Crippen LogP contribution in [0.5, 0.6) is 0 Å². The highest BCUT2D eigenvalue weighted by Crippen LogP contribution is 2.51. The second-order valence-electron chi connectivity index (χ2n) is 7.92. The van der Waals surface area contributed by atoms with E-state index in [1.807, 2.05) is 57.5 Å². The molecular formula is C20H33IN4OS. The molecule has 27 heavy (non-hydrogen) atoms. The van der Waals surface area contributed by atoms with E-state index in [1.165, 1.54) is 17.7 Å². The third-order valence-corrected chi connectivity index (χ3v) is 5.47. The molecule has 1 aromatic carbocycles. The number of nitrogens with one attached hydrogen (secondary N) is 2. The Morgan fingerprint density at radius 1 is 1.26 bits per heavy atom. The third kappa shape index (κ3) is 8.72. The first-order valence-electron chi connectivity index (χ1n) is 9.27. The lowest BCUT2D eigenvalue weighted by atomic mass is 10.1. The maximum Gasteiger partial charge on any atom is 0.240 e. The normalized spacial score (nSPS) is 15.5. The number of benzene rings is 1. The van der Waals surface area contributed by atoms with E-state index in [0.29, 0.717) is 6.54 Å². The number of likely N-dealkylation sites (N-methyl/N-ethyl adjacent to an activating group) is 1. The van der Waals surface area contributed by atoms with E-state index in [-0.39, 0.29) is 40.2 Å². The van der Waals surface area contributed by atoms with E-state index < -0.39 is 0 Å². The van der Waals surface area contributed by atoms with Gasteiger partial charge in [-0.1, -0.05) is 18.2 Å². The van der Waals surface area contributed by atoms with Crippen LogP contribution in [0, 0.1) is 0 Å². The maximum atomic E-state index is 12.2. The lowest BCUT2D eigenvalue weighted by molar-refractivity contribution is -0.122. The van der Waals surface area contributed by atoms with Gasteiger partial charge in [0.2, 0.25) is 5.91 Å². The van der Waals surface area contributed by atoms with Crippen molar-refractivity contribution in [3.05, 3.63) is 30.3 Å². The number of hydrogen-bond acceptors (Lipinski definition) is 3. The minimum Gasteiger partial charge on any atom is -0.357 e. The molecule has 7 heteroatoms. The summed E-state index contributed by atoms with van der Waals surface area (Å²) in [6, 6.07) is 10.5. The first-order valence-corrected chi connectivity index (χ1v) is 10.1. The fourth-order valence-corrected chi connectivity index (χ4v) is 3.84. The van der Waals surface area contributed by atoms with Crippen LogP contribution < -0.4 is 10.6 Å². The van der Waals surface area contributed by atoms with Crippen molar-refractivity contribution in [1.29, 1.82) is 0 Å². The summed E-state index contributed by atoms with van der Waals surface area (Å²) in [6.45, 7) is 9.85. The standard InChI is InChI=1S/C20H32N4OS.HI/c1-6-21-18(24(5)14-17(25)23-19(2,3)4)22-15-20(12-13-20)26-16-10-8-7-9-11-16;/h7-11H,6,12-15H2,1-5H3,(H,21,22)(H,23,25);1H. The van der Waals surface area contributed by atoms with Gasteiger partial charge in [0.15, 0.2) is 5.96 Å². The zero-order chi connectivity index (χ0) is 19.2. The molecule has 1 amide bonds. The van der Waals surface area contributed by atoms with Crippen molar-refractivity contribution in [2.24, 2.45) is 4.99 Å². The van der Waals surface area contributed by atoms with Gasteiger partial charge >= 0.3 is 0 Å². The quantitative estimate of drug-likeness (QED) is 0.338. The summed E-state index contributed by atoms with van der Waals surface area (Å²) in [5.41, 5.74) is -0.224. The lowest BCUT2D eigenvalue weighted by Gasteiger charge is -2.26. The minimum absolute atomic E-state index is 0. The van der Waals surface area contributed by atoms with Gasteiger partial charge in [-0.3, -0.25) is 9.79 Å². The van der Waals surface area contributed by atoms with Crippen molar-refractivity contribution in [1.82, 2.24) is 15.5 Å². The van der Waals surface area contributed by atoms with Crippen LogP contribution in [0.25, 0.3) is 0 Å². The van der Waals surface area contributed by atoms with Crippen molar-refractivity contribution in [2.75, 3.05) is 26.7 Å². The second kappa shape index (κ2) is 10.5. The number of amides is 1. The van der Waals surface area contributed by atoms with Crippen LogP contribution in [0.1, 0.15) is 40.5 Å². The molecule has 0 unspecified atom stereocenters. The summed E-state index contributed by atoms with van der Waals surface area (Å²) in [7, 11) is 1.91. The Morgan fingerprint density at radius 3 is 2.41 bits per heavy atom. The third-order valence-electron chi connectivity index (χ3n) is 3.99. The number of rotatable bonds is 7. The Morgan fingerprint density at radius 2 is 1.89 bits per heavy atom. The van der Waals surface area contributed by atoms with Crippen LogP contribution in [0.2, 0.25) is 0 Å². The molecule has 5 nitrogen and oxygen atoms in total. The molecule has 1 fully saturated rings. The van der Waals surface area contributed by atoms with E-state index >= 15 is 0 Å². The molecule has 0 heterocycles. The monoisotopic (exact) mass is 504 g/mol.